The molecule has 2 rings (SSSR count). The Morgan fingerprint density at radius 2 is 2.38 bits per heavy atom. The zero-order valence-corrected chi connectivity index (χ0v) is 9.70. The third-order valence-corrected chi connectivity index (χ3v) is 2.76. The molecule has 2 heterocycles. The lowest BCUT2D eigenvalue weighted by Gasteiger charge is -2.02. The predicted molar refractivity (Wildman–Crippen MR) is 61.9 cm³/mol. The van der Waals surface area contributed by atoms with E-state index < -0.39 is 0 Å². The molecule has 0 saturated heterocycles. The average Bonchev–Trinajstić information content (AvgIpc) is 2.88. The maximum atomic E-state index is 4.22. The quantitative estimate of drug-likeness (QED) is 0.731. The van der Waals surface area contributed by atoms with Crippen molar-refractivity contribution in [3.05, 3.63) is 35.7 Å². The number of aryl methyl sites for hydroxylation is 1. The second-order valence-corrected chi connectivity index (χ2v) is 3.84. The van der Waals surface area contributed by atoms with Crippen LogP contribution in [-0.4, -0.2) is 26.3 Å². The minimum absolute atomic E-state index is 0.784. The van der Waals surface area contributed by atoms with Crippen LogP contribution in [0.4, 0.5) is 0 Å². The largest absolute Gasteiger partial charge is 0.348 e. The van der Waals surface area contributed by atoms with Crippen LogP contribution >= 0.6 is 0 Å². The smallest absolute Gasteiger partial charge is 0.120 e. The van der Waals surface area contributed by atoms with Crippen molar-refractivity contribution in [3.63, 3.8) is 0 Å². The molecule has 5 nitrogen and oxygen atoms in total. The number of hydrogen-bond acceptors (Lipinski definition) is 3. The number of aromatic nitrogens is 4. The Morgan fingerprint density at radius 1 is 1.50 bits per heavy atom. The summed E-state index contributed by atoms with van der Waals surface area (Å²) < 4.78 is 1.90. The SMILES string of the molecule is Cc1c(CCNCc2ncc[nH]2)cnn1C. The molecule has 0 aliphatic carbocycles. The van der Waals surface area contributed by atoms with Crippen LogP contribution in [0.15, 0.2) is 18.6 Å². The maximum Gasteiger partial charge on any atom is 0.120 e. The van der Waals surface area contributed by atoms with Crippen LogP contribution in [0.5, 0.6) is 0 Å². The van der Waals surface area contributed by atoms with Gasteiger partial charge < -0.3 is 10.3 Å². The highest BCUT2D eigenvalue weighted by atomic mass is 15.3. The molecule has 0 atom stereocenters. The molecule has 0 amide bonds. The van der Waals surface area contributed by atoms with Crippen LogP contribution in [0.25, 0.3) is 0 Å². The first kappa shape index (κ1) is 10.9. The highest BCUT2D eigenvalue weighted by Gasteiger charge is 2.02. The van der Waals surface area contributed by atoms with Crippen molar-refractivity contribution in [3.8, 4) is 0 Å². The minimum atomic E-state index is 0.784. The van der Waals surface area contributed by atoms with Crippen molar-refractivity contribution in [2.24, 2.45) is 7.05 Å². The summed E-state index contributed by atoms with van der Waals surface area (Å²) in [5, 5.41) is 7.56. The van der Waals surface area contributed by atoms with E-state index in [4.69, 9.17) is 0 Å². The lowest BCUT2D eigenvalue weighted by molar-refractivity contribution is 0.662. The molecule has 0 aliphatic rings. The van der Waals surface area contributed by atoms with Crippen LogP contribution in [0.2, 0.25) is 0 Å². The number of rotatable bonds is 5. The van der Waals surface area contributed by atoms with Crippen molar-refractivity contribution in [2.45, 2.75) is 19.9 Å². The summed E-state index contributed by atoms with van der Waals surface area (Å²) >= 11 is 0. The van der Waals surface area contributed by atoms with E-state index >= 15 is 0 Å². The van der Waals surface area contributed by atoms with Crippen LogP contribution in [0.1, 0.15) is 17.1 Å². The third kappa shape index (κ3) is 2.49. The van der Waals surface area contributed by atoms with E-state index in [1.165, 1.54) is 11.3 Å². The highest BCUT2D eigenvalue weighted by molar-refractivity contribution is 5.15. The Kier molecular flexibility index (Phi) is 3.36. The van der Waals surface area contributed by atoms with Gasteiger partial charge in [-0.1, -0.05) is 0 Å². The molecule has 0 fully saturated rings. The van der Waals surface area contributed by atoms with Gasteiger partial charge >= 0.3 is 0 Å². The maximum absolute atomic E-state index is 4.22. The Bertz CT molecular complexity index is 429. The molecule has 0 aliphatic heterocycles. The van der Waals surface area contributed by atoms with Crippen molar-refractivity contribution in [2.75, 3.05) is 6.54 Å². The molecule has 2 aromatic heterocycles. The molecule has 16 heavy (non-hydrogen) atoms. The number of H-pyrrole nitrogens is 1. The van der Waals surface area contributed by atoms with Gasteiger partial charge in [-0.15, -0.1) is 0 Å². The van der Waals surface area contributed by atoms with E-state index in [-0.39, 0.29) is 0 Å². The van der Waals surface area contributed by atoms with Gasteiger partial charge in [-0.05, 0) is 25.5 Å². The first-order valence-electron chi connectivity index (χ1n) is 5.44. The standard InChI is InChI=1S/C11H17N5/c1-9-10(7-15-16(9)2)3-4-12-8-11-13-5-6-14-11/h5-7,12H,3-4,8H2,1-2H3,(H,13,14). The molecular weight excluding hydrogens is 202 g/mol. The number of hydrogen-bond donors (Lipinski definition) is 2. The molecular formula is C11H17N5. The Hall–Kier alpha value is -1.62. The summed E-state index contributed by atoms with van der Waals surface area (Å²) in [4.78, 5) is 7.21. The van der Waals surface area contributed by atoms with Crippen molar-refractivity contribution in [1.29, 1.82) is 0 Å². The molecule has 0 spiro atoms. The highest BCUT2D eigenvalue weighted by Crippen LogP contribution is 2.05. The molecule has 0 saturated carbocycles. The predicted octanol–water partition coefficient (Wildman–Crippen LogP) is 0.784. The molecule has 5 heteroatoms. The first-order valence-corrected chi connectivity index (χ1v) is 5.44. The van der Waals surface area contributed by atoms with Gasteiger partial charge in [0.25, 0.3) is 0 Å². The van der Waals surface area contributed by atoms with Crippen molar-refractivity contribution in [1.82, 2.24) is 25.1 Å². The van der Waals surface area contributed by atoms with Gasteiger partial charge in [0.15, 0.2) is 0 Å². The van der Waals surface area contributed by atoms with Crippen LogP contribution < -0.4 is 5.32 Å². The van der Waals surface area contributed by atoms with Crippen LogP contribution in [0.3, 0.4) is 0 Å². The monoisotopic (exact) mass is 219 g/mol. The molecule has 2 aromatic rings. The number of nitrogens with one attached hydrogen (secondary N) is 2. The Morgan fingerprint density at radius 3 is 3.00 bits per heavy atom. The zero-order chi connectivity index (χ0) is 11.4. The van der Waals surface area contributed by atoms with Crippen molar-refractivity contribution < 1.29 is 0 Å². The topological polar surface area (TPSA) is 58.5 Å². The van der Waals surface area contributed by atoms with E-state index in [1.54, 1.807) is 6.20 Å². The zero-order valence-electron chi connectivity index (χ0n) is 9.70. The van der Waals surface area contributed by atoms with Gasteiger partial charge in [-0.3, -0.25) is 4.68 Å². The van der Waals surface area contributed by atoms with Gasteiger partial charge in [0.2, 0.25) is 0 Å². The first-order chi connectivity index (χ1) is 7.77. The van der Waals surface area contributed by atoms with E-state index in [2.05, 4.69) is 27.3 Å². The summed E-state index contributed by atoms with van der Waals surface area (Å²) in [5.41, 5.74) is 2.54. The van der Waals surface area contributed by atoms with Gasteiger partial charge in [0, 0.05) is 25.1 Å². The van der Waals surface area contributed by atoms with Gasteiger partial charge in [-0.25, -0.2) is 4.98 Å². The lowest BCUT2D eigenvalue weighted by Crippen LogP contribution is -2.17. The fourth-order valence-electron chi connectivity index (χ4n) is 1.61. The lowest BCUT2D eigenvalue weighted by atomic mass is 10.2. The second kappa shape index (κ2) is 4.94. The molecule has 86 valence electrons. The van der Waals surface area contributed by atoms with E-state index in [1.807, 2.05) is 24.1 Å². The third-order valence-electron chi connectivity index (χ3n) is 2.76. The average molecular weight is 219 g/mol. The Labute approximate surface area is 94.9 Å². The van der Waals surface area contributed by atoms with Crippen molar-refractivity contribution >= 4 is 0 Å². The van der Waals surface area contributed by atoms with Gasteiger partial charge in [-0.2, -0.15) is 5.10 Å². The number of aromatic amines is 1. The van der Waals surface area contributed by atoms with Crippen LogP contribution in [-0.2, 0) is 20.0 Å². The summed E-state index contributed by atoms with van der Waals surface area (Å²) in [5.74, 6) is 0.975. The summed E-state index contributed by atoms with van der Waals surface area (Å²) in [6, 6.07) is 0. The Balaban J connectivity index is 1.74. The summed E-state index contributed by atoms with van der Waals surface area (Å²) in [6.07, 6.45) is 6.54. The molecule has 0 radical (unpaired) electrons. The number of nitrogens with zero attached hydrogens (tertiary/aromatic N) is 3. The van der Waals surface area contributed by atoms with Gasteiger partial charge in [0.1, 0.15) is 5.82 Å². The number of imidazole rings is 1. The second-order valence-electron chi connectivity index (χ2n) is 3.84. The molecule has 0 aromatic carbocycles. The van der Waals surface area contributed by atoms with E-state index in [0.717, 1.165) is 25.3 Å². The molecule has 0 unspecified atom stereocenters. The fraction of sp³-hybridized carbons (Fsp3) is 0.455. The van der Waals surface area contributed by atoms with E-state index in [9.17, 15) is 0 Å². The van der Waals surface area contributed by atoms with E-state index in [0.29, 0.717) is 0 Å². The summed E-state index contributed by atoms with van der Waals surface area (Å²) in [6.45, 7) is 3.81. The molecule has 0 bridgehead atoms. The molecule has 2 N–H and O–H groups in total. The summed E-state index contributed by atoms with van der Waals surface area (Å²) in [7, 11) is 1.97. The minimum Gasteiger partial charge on any atom is -0.348 e. The van der Waals surface area contributed by atoms with Gasteiger partial charge in [0.05, 0.1) is 12.7 Å². The normalized spacial score (nSPS) is 10.9. The fourth-order valence-corrected chi connectivity index (χ4v) is 1.61. The van der Waals surface area contributed by atoms with Crippen LogP contribution in [0, 0.1) is 6.92 Å².